The van der Waals surface area contributed by atoms with Gasteiger partial charge in [0.15, 0.2) is 0 Å². The standard InChI is InChI=1S/C12H20N2O2S2/c1-5-8-14(10(2)3)18(15,16)12-7-6-11(17-12)9-13-4/h5-7,10,13H,1,8-9H2,2-4H3. The van der Waals surface area contributed by atoms with Crippen LogP contribution in [0.25, 0.3) is 0 Å². The van der Waals surface area contributed by atoms with Gasteiger partial charge in [-0.15, -0.1) is 17.9 Å². The summed E-state index contributed by atoms with van der Waals surface area (Å²) in [5.41, 5.74) is 0. The molecular formula is C12H20N2O2S2. The SMILES string of the molecule is C=CCN(C(C)C)S(=O)(=O)c1ccc(CNC)s1. The lowest BCUT2D eigenvalue weighted by Gasteiger charge is -2.23. The summed E-state index contributed by atoms with van der Waals surface area (Å²) in [7, 11) is -1.57. The third-order valence-electron chi connectivity index (χ3n) is 2.44. The number of sulfonamides is 1. The van der Waals surface area contributed by atoms with E-state index < -0.39 is 10.0 Å². The van der Waals surface area contributed by atoms with Gasteiger partial charge in [-0.1, -0.05) is 6.08 Å². The first-order valence-corrected chi connectivity index (χ1v) is 8.05. The number of hydrogen-bond acceptors (Lipinski definition) is 4. The summed E-state index contributed by atoms with van der Waals surface area (Å²) < 4.78 is 26.7. The Labute approximate surface area is 113 Å². The number of nitrogens with zero attached hydrogens (tertiary/aromatic N) is 1. The summed E-state index contributed by atoms with van der Waals surface area (Å²) in [6, 6.07) is 3.44. The second-order valence-electron chi connectivity index (χ2n) is 4.21. The summed E-state index contributed by atoms with van der Waals surface area (Å²) in [6.45, 7) is 8.36. The van der Waals surface area contributed by atoms with Gasteiger partial charge >= 0.3 is 0 Å². The molecule has 0 aliphatic heterocycles. The largest absolute Gasteiger partial charge is 0.315 e. The minimum Gasteiger partial charge on any atom is -0.315 e. The summed E-state index contributed by atoms with van der Waals surface area (Å²) in [4.78, 5) is 1.01. The molecule has 0 fully saturated rings. The number of nitrogens with one attached hydrogen (secondary N) is 1. The maximum absolute atomic E-state index is 12.4. The van der Waals surface area contributed by atoms with Gasteiger partial charge in [-0.05, 0) is 33.0 Å². The van der Waals surface area contributed by atoms with E-state index in [1.54, 1.807) is 12.1 Å². The quantitative estimate of drug-likeness (QED) is 0.781. The molecule has 0 aromatic carbocycles. The Morgan fingerprint density at radius 1 is 1.50 bits per heavy atom. The highest BCUT2D eigenvalue weighted by Crippen LogP contribution is 2.26. The average Bonchev–Trinajstić information content (AvgIpc) is 2.75. The van der Waals surface area contributed by atoms with Gasteiger partial charge < -0.3 is 5.32 Å². The molecule has 4 nitrogen and oxygen atoms in total. The molecule has 1 heterocycles. The number of thiophene rings is 1. The molecule has 1 rings (SSSR count). The van der Waals surface area contributed by atoms with Crippen LogP contribution in [0, 0.1) is 0 Å². The maximum Gasteiger partial charge on any atom is 0.253 e. The van der Waals surface area contributed by atoms with Crippen LogP contribution < -0.4 is 5.32 Å². The van der Waals surface area contributed by atoms with Crippen molar-refractivity contribution in [2.24, 2.45) is 0 Å². The molecule has 0 unspecified atom stereocenters. The Bertz CT molecular complexity index is 492. The van der Waals surface area contributed by atoms with Gasteiger partial charge in [-0.2, -0.15) is 4.31 Å². The second kappa shape index (κ2) is 6.47. The molecule has 0 radical (unpaired) electrons. The van der Waals surface area contributed by atoms with Crippen LogP contribution in [0.3, 0.4) is 0 Å². The van der Waals surface area contributed by atoms with Crippen LogP contribution in [0.5, 0.6) is 0 Å². The van der Waals surface area contributed by atoms with Gasteiger partial charge in [-0.3, -0.25) is 0 Å². The van der Waals surface area contributed by atoms with E-state index in [0.29, 0.717) is 17.3 Å². The molecule has 0 saturated heterocycles. The van der Waals surface area contributed by atoms with Crippen LogP contribution in [0.2, 0.25) is 0 Å². The average molecular weight is 288 g/mol. The lowest BCUT2D eigenvalue weighted by atomic mass is 10.4. The monoisotopic (exact) mass is 288 g/mol. The van der Waals surface area contributed by atoms with Crippen LogP contribution in [0.4, 0.5) is 0 Å². The minimum absolute atomic E-state index is 0.0807. The molecule has 0 atom stereocenters. The third-order valence-corrected chi connectivity index (χ3v) is 6.03. The van der Waals surface area contributed by atoms with Crippen molar-refractivity contribution in [3.63, 3.8) is 0 Å². The lowest BCUT2D eigenvalue weighted by Crippen LogP contribution is -2.36. The van der Waals surface area contributed by atoms with E-state index in [2.05, 4.69) is 11.9 Å². The first-order valence-electron chi connectivity index (χ1n) is 5.79. The minimum atomic E-state index is -3.41. The summed E-state index contributed by atoms with van der Waals surface area (Å²) in [5, 5.41) is 3.01. The highest BCUT2D eigenvalue weighted by Gasteiger charge is 2.27. The van der Waals surface area contributed by atoms with E-state index in [1.165, 1.54) is 15.6 Å². The van der Waals surface area contributed by atoms with Crippen molar-refractivity contribution < 1.29 is 8.42 Å². The Morgan fingerprint density at radius 2 is 2.17 bits per heavy atom. The molecule has 0 spiro atoms. The number of hydrogen-bond donors (Lipinski definition) is 1. The van der Waals surface area contributed by atoms with Crippen molar-refractivity contribution in [2.75, 3.05) is 13.6 Å². The van der Waals surface area contributed by atoms with E-state index in [1.807, 2.05) is 27.0 Å². The van der Waals surface area contributed by atoms with Gasteiger partial charge in [-0.25, -0.2) is 8.42 Å². The van der Waals surface area contributed by atoms with Crippen molar-refractivity contribution in [2.45, 2.75) is 30.6 Å². The highest BCUT2D eigenvalue weighted by atomic mass is 32.2. The van der Waals surface area contributed by atoms with Crippen molar-refractivity contribution in [3.05, 3.63) is 29.7 Å². The zero-order chi connectivity index (χ0) is 13.8. The molecule has 0 aliphatic rings. The van der Waals surface area contributed by atoms with Gasteiger partial charge in [0.05, 0.1) is 0 Å². The molecule has 102 valence electrons. The molecule has 0 bridgehead atoms. The van der Waals surface area contributed by atoms with Crippen molar-refractivity contribution in [1.29, 1.82) is 0 Å². The lowest BCUT2D eigenvalue weighted by molar-refractivity contribution is 0.384. The first kappa shape index (κ1) is 15.4. The van der Waals surface area contributed by atoms with Gasteiger partial charge in [0.25, 0.3) is 10.0 Å². The zero-order valence-corrected chi connectivity index (χ0v) is 12.6. The first-order chi connectivity index (χ1) is 8.43. The Hall–Kier alpha value is -0.690. The number of rotatable bonds is 7. The highest BCUT2D eigenvalue weighted by molar-refractivity contribution is 7.91. The van der Waals surface area contributed by atoms with Crippen molar-refractivity contribution in [1.82, 2.24) is 9.62 Å². The summed E-state index contributed by atoms with van der Waals surface area (Å²) in [6.07, 6.45) is 1.61. The fraction of sp³-hybridized carbons (Fsp3) is 0.500. The predicted octanol–water partition coefficient (Wildman–Crippen LogP) is 2.05. The summed E-state index contributed by atoms with van der Waals surface area (Å²) in [5.74, 6) is 0. The van der Waals surface area contributed by atoms with Crippen LogP contribution >= 0.6 is 11.3 Å². The van der Waals surface area contributed by atoms with Crippen LogP contribution in [0.1, 0.15) is 18.7 Å². The predicted molar refractivity (Wildman–Crippen MR) is 76.3 cm³/mol. The zero-order valence-electron chi connectivity index (χ0n) is 11.0. The van der Waals surface area contributed by atoms with Gasteiger partial charge in [0, 0.05) is 24.0 Å². The molecule has 1 aromatic heterocycles. The third kappa shape index (κ3) is 3.41. The summed E-state index contributed by atoms with van der Waals surface area (Å²) >= 11 is 1.31. The molecule has 0 aliphatic carbocycles. The Morgan fingerprint density at radius 3 is 2.67 bits per heavy atom. The topological polar surface area (TPSA) is 49.4 Å². The van der Waals surface area contributed by atoms with E-state index >= 15 is 0 Å². The van der Waals surface area contributed by atoms with E-state index in [4.69, 9.17) is 0 Å². The van der Waals surface area contributed by atoms with Crippen molar-refractivity contribution in [3.8, 4) is 0 Å². The van der Waals surface area contributed by atoms with Gasteiger partial charge in [0.2, 0.25) is 0 Å². The van der Waals surface area contributed by atoms with E-state index in [-0.39, 0.29) is 6.04 Å². The maximum atomic E-state index is 12.4. The molecular weight excluding hydrogens is 268 g/mol. The molecule has 6 heteroatoms. The fourth-order valence-electron chi connectivity index (χ4n) is 1.60. The molecule has 1 aromatic rings. The fourth-order valence-corrected chi connectivity index (χ4v) is 4.70. The van der Waals surface area contributed by atoms with Gasteiger partial charge in [0.1, 0.15) is 4.21 Å². The van der Waals surface area contributed by atoms with Crippen LogP contribution in [-0.2, 0) is 16.6 Å². The molecule has 1 N–H and O–H groups in total. The molecule has 18 heavy (non-hydrogen) atoms. The smallest absolute Gasteiger partial charge is 0.253 e. The Kier molecular flexibility index (Phi) is 5.52. The van der Waals surface area contributed by atoms with Crippen LogP contribution in [0.15, 0.2) is 29.0 Å². The van der Waals surface area contributed by atoms with E-state index in [0.717, 1.165) is 4.88 Å². The second-order valence-corrected chi connectivity index (χ2v) is 7.49. The molecule has 0 saturated carbocycles. The normalized spacial score (nSPS) is 12.3. The Balaban J connectivity index is 3.05. The van der Waals surface area contributed by atoms with Crippen molar-refractivity contribution >= 4 is 21.4 Å². The molecule has 0 amide bonds. The van der Waals surface area contributed by atoms with E-state index in [9.17, 15) is 8.42 Å². The van der Waals surface area contributed by atoms with Crippen LogP contribution in [-0.4, -0.2) is 32.4 Å².